The van der Waals surface area contributed by atoms with Crippen LogP contribution in [0.3, 0.4) is 0 Å². The Bertz CT molecular complexity index is 845. The van der Waals surface area contributed by atoms with Gasteiger partial charge in [0.05, 0.1) is 6.61 Å². The summed E-state index contributed by atoms with van der Waals surface area (Å²) in [7, 11) is 0. The maximum atomic E-state index is 6.13. The predicted molar refractivity (Wildman–Crippen MR) is 97.3 cm³/mol. The van der Waals surface area contributed by atoms with Gasteiger partial charge in [-0.2, -0.15) is 10.1 Å². The van der Waals surface area contributed by atoms with E-state index in [0.717, 1.165) is 22.6 Å². The summed E-state index contributed by atoms with van der Waals surface area (Å²) < 4.78 is 11.8. The van der Waals surface area contributed by atoms with E-state index in [4.69, 9.17) is 9.47 Å². The van der Waals surface area contributed by atoms with E-state index in [1.807, 2.05) is 63.2 Å². The zero-order valence-corrected chi connectivity index (χ0v) is 14.7. The lowest BCUT2D eigenvalue weighted by Gasteiger charge is -2.15. The minimum absolute atomic E-state index is 0.570. The van der Waals surface area contributed by atoms with Crippen molar-refractivity contribution in [3.05, 3.63) is 59.4 Å². The lowest BCUT2D eigenvalue weighted by atomic mass is 10.2. The van der Waals surface area contributed by atoms with Gasteiger partial charge in [-0.1, -0.05) is 24.3 Å². The zero-order chi connectivity index (χ0) is 17.6. The Morgan fingerprint density at radius 3 is 2.64 bits per heavy atom. The molecule has 6 nitrogen and oxygen atoms in total. The van der Waals surface area contributed by atoms with Crippen molar-refractivity contribution in [3.63, 3.8) is 0 Å². The van der Waals surface area contributed by atoms with Gasteiger partial charge in [0.25, 0.3) is 0 Å². The fourth-order valence-corrected chi connectivity index (χ4v) is 2.44. The first-order chi connectivity index (χ1) is 12.2. The summed E-state index contributed by atoms with van der Waals surface area (Å²) in [6.07, 6.45) is 0. The number of hydrogen-bond donors (Lipinski definition) is 2. The minimum Gasteiger partial charge on any atom is -0.490 e. The van der Waals surface area contributed by atoms with Crippen LogP contribution in [0.2, 0.25) is 0 Å². The highest BCUT2D eigenvalue weighted by Crippen LogP contribution is 2.34. The van der Waals surface area contributed by atoms with Gasteiger partial charge in [0.1, 0.15) is 11.6 Å². The minimum atomic E-state index is 0.570. The molecule has 0 saturated heterocycles. The lowest BCUT2D eigenvalue weighted by molar-refractivity contribution is 0.320. The molecule has 0 fully saturated rings. The number of ether oxygens (including phenoxy) is 2. The molecule has 2 aromatic carbocycles. The Kier molecular flexibility index (Phi) is 5.18. The maximum Gasteiger partial charge on any atom is 0.218 e. The highest BCUT2D eigenvalue weighted by molar-refractivity contribution is 5.47. The standard InChI is InChI=1S/C19H22N4O2/c1-4-24-18-11-13(2)9-10-17(18)25-16-8-6-5-7-15(16)12-20-19-21-14(3)22-23-19/h5-11H,4,12H2,1-3H3,(H2,20,21,22,23). The van der Waals surface area contributed by atoms with Gasteiger partial charge in [-0.25, -0.2) is 5.10 Å². The number of aromatic nitrogens is 3. The molecule has 0 radical (unpaired) electrons. The molecule has 0 spiro atoms. The number of aromatic amines is 1. The summed E-state index contributed by atoms with van der Waals surface area (Å²) in [5, 5.41) is 10.1. The number of anilines is 1. The molecule has 0 aliphatic carbocycles. The molecular weight excluding hydrogens is 316 g/mol. The second kappa shape index (κ2) is 7.70. The smallest absolute Gasteiger partial charge is 0.218 e. The van der Waals surface area contributed by atoms with Crippen molar-refractivity contribution >= 4 is 5.95 Å². The Balaban J connectivity index is 1.79. The normalized spacial score (nSPS) is 10.5. The summed E-state index contributed by atoms with van der Waals surface area (Å²) in [4.78, 5) is 4.25. The largest absolute Gasteiger partial charge is 0.490 e. The average Bonchev–Trinajstić information content (AvgIpc) is 3.02. The SMILES string of the molecule is CCOc1cc(C)ccc1Oc1ccccc1CNc1nc(C)n[nH]1. The van der Waals surface area contributed by atoms with Crippen LogP contribution in [-0.2, 0) is 6.54 Å². The number of para-hydroxylation sites is 1. The number of nitrogens with zero attached hydrogens (tertiary/aromatic N) is 2. The van der Waals surface area contributed by atoms with Gasteiger partial charge < -0.3 is 14.8 Å². The second-order valence-electron chi connectivity index (χ2n) is 5.68. The van der Waals surface area contributed by atoms with Crippen molar-refractivity contribution in [1.29, 1.82) is 0 Å². The van der Waals surface area contributed by atoms with Crippen LogP contribution in [0, 0.1) is 13.8 Å². The molecule has 0 amide bonds. The van der Waals surface area contributed by atoms with Gasteiger partial charge in [-0.15, -0.1) is 0 Å². The van der Waals surface area contributed by atoms with E-state index >= 15 is 0 Å². The highest BCUT2D eigenvalue weighted by atomic mass is 16.5. The molecule has 6 heteroatoms. The van der Waals surface area contributed by atoms with Crippen molar-refractivity contribution in [2.24, 2.45) is 0 Å². The van der Waals surface area contributed by atoms with Gasteiger partial charge in [0, 0.05) is 12.1 Å². The van der Waals surface area contributed by atoms with E-state index in [0.29, 0.717) is 30.7 Å². The van der Waals surface area contributed by atoms with E-state index in [9.17, 15) is 0 Å². The Morgan fingerprint density at radius 2 is 1.88 bits per heavy atom. The first-order valence-electron chi connectivity index (χ1n) is 8.28. The molecule has 0 aliphatic rings. The van der Waals surface area contributed by atoms with Gasteiger partial charge in [0.15, 0.2) is 11.5 Å². The van der Waals surface area contributed by atoms with Gasteiger partial charge in [-0.05, 0) is 44.5 Å². The Morgan fingerprint density at radius 1 is 1.04 bits per heavy atom. The third kappa shape index (κ3) is 4.29. The highest BCUT2D eigenvalue weighted by Gasteiger charge is 2.10. The molecule has 1 aromatic heterocycles. The third-order valence-corrected chi connectivity index (χ3v) is 3.64. The number of aryl methyl sites for hydroxylation is 2. The molecule has 0 saturated carbocycles. The molecule has 0 aliphatic heterocycles. The number of nitrogens with one attached hydrogen (secondary N) is 2. The van der Waals surface area contributed by atoms with Crippen LogP contribution in [0.25, 0.3) is 0 Å². The van der Waals surface area contributed by atoms with E-state index in [-0.39, 0.29) is 0 Å². The lowest BCUT2D eigenvalue weighted by Crippen LogP contribution is -2.03. The van der Waals surface area contributed by atoms with Crippen LogP contribution in [-0.4, -0.2) is 21.8 Å². The molecular formula is C19H22N4O2. The van der Waals surface area contributed by atoms with Crippen LogP contribution in [0.4, 0.5) is 5.95 Å². The van der Waals surface area contributed by atoms with E-state index in [1.165, 1.54) is 0 Å². The van der Waals surface area contributed by atoms with Crippen molar-refractivity contribution in [2.75, 3.05) is 11.9 Å². The third-order valence-electron chi connectivity index (χ3n) is 3.64. The van der Waals surface area contributed by atoms with Crippen molar-refractivity contribution in [2.45, 2.75) is 27.3 Å². The van der Waals surface area contributed by atoms with E-state index in [2.05, 4.69) is 20.5 Å². The molecule has 1 heterocycles. The van der Waals surface area contributed by atoms with E-state index in [1.54, 1.807) is 0 Å². The van der Waals surface area contributed by atoms with Crippen molar-refractivity contribution < 1.29 is 9.47 Å². The van der Waals surface area contributed by atoms with Gasteiger partial charge in [0.2, 0.25) is 5.95 Å². The van der Waals surface area contributed by atoms with Gasteiger partial charge in [-0.3, -0.25) is 0 Å². The Hall–Kier alpha value is -3.02. The van der Waals surface area contributed by atoms with Crippen LogP contribution >= 0.6 is 0 Å². The molecule has 2 N–H and O–H groups in total. The average molecular weight is 338 g/mol. The molecule has 3 rings (SSSR count). The van der Waals surface area contributed by atoms with Crippen LogP contribution in [0.15, 0.2) is 42.5 Å². The quantitative estimate of drug-likeness (QED) is 0.675. The van der Waals surface area contributed by atoms with Crippen molar-refractivity contribution in [3.8, 4) is 17.2 Å². The number of rotatable bonds is 7. The molecule has 3 aromatic rings. The maximum absolute atomic E-state index is 6.13. The Labute approximate surface area is 147 Å². The molecule has 0 unspecified atom stereocenters. The van der Waals surface area contributed by atoms with Crippen LogP contribution in [0.1, 0.15) is 23.9 Å². The van der Waals surface area contributed by atoms with Crippen LogP contribution < -0.4 is 14.8 Å². The first kappa shape index (κ1) is 16.8. The molecule has 25 heavy (non-hydrogen) atoms. The molecule has 0 atom stereocenters. The fourth-order valence-electron chi connectivity index (χ4n) is 2.44. The summed E-state index contributed by atoms with van der Waals surface area (Å²) in [5.74, 6) is 3.56. The summed E-state index contributed by atoms with van der Waals surface area (Å²) in [5.41, 5.74) is 2.14. The topological polar surface area (TPSA) is 72.1 Å². The number of benzene rings is 2. The van der Waals surface area contributed by atoms with E-state index < -0.39 is 0 Å². The first-order valence-corrected chi connectivity index (χ1v) is 8.28. The fraction of sp³-hybridized carbons (Fsp3) is 0.263. The number of H-pyrrole nitrogens is 1. The second-order valence-corrected chi connectivity index (χ2v) is 5.68. The van der Waals surface area contributed by atoms with Gasteiger partial charge >= 0.3 is 0 Å². The predicted octanol–water partition coefficient (Wildman–Crippen LogP) is 4.22. The zero-order valence-electron chi connectivity index (χ0n) is 14.7. The monoisotopic (exact) mass is 338 g/mol. The summed E-state index contributed by atoms with van der Waals surface area (Å²) >= 11 is 0. The summed E-state index contributed by atoms with van der Waals surface area (Å²) in [6, 6.07) is 13.8. The molecule has 0 bridgehead atoms. The van der Waals surface area contributed by atoms with Crippen LogP contribution in [0.5, 0.6) is 17.2 Å². The number of hydrogen-bond acceptors (Lipinski definition) is 5. The molecule has 130 valence electrons. The summed E-state index contributed by atoms with van der Waals surface area (Å²) in [6.45, 7) is 6.99. The van der Waals surface area contributed by atoms with Crippen molar-refractivity contribution in [1.82, 2.24) is 15.2 Å².